The van der Waals surface area contributed by atoms with Crippen molar-refractivity contribution in [3.8, 4) is 11.3 Å². The lowest BCUT2D eigenvalue weighted by Gasteiger charge is -2.14. The van der Waals surface area contributed by atoms with E-state index in [1.165, 1.54) is 5.48 Å². The molecule has 12 heteroatoms. The van der Waals surface area contributed by atoms with Gasteiger partial charge in [0.1, 0.15) is 12.4 Å². The van der Waals surface area contributed by atoms with E-state index in [0.29, 0.717) is 0 Å². The first kappa shape index (κ1) is 19.4. The minimum absolute atomic E-state index is 0.00762. The lowest BCUT2D eigenvalue weighted by Crippen LogP contribution is -2.31. The van der Waals surface area contributed by atoms with Crippen molar-refractivity contribution in [1.82, 2.24) is 15.4 Å². The zero-order valence-corrected chi connectivity index (χ0v) is 12.6. The van der Waals surface area contributed by atoms with Gasteiger partial charge in [0.25, 0.3) is 6.43 Å². The Labute approximate surface area is 142 Å². The number of carbonyl (C=O) groups excluding carboxylic acids is 1. The Balaban J connectivity index is 2.25. The summed E-state index contributed by atoms with van der Waals surface area (Å²) in [5.41, 5.74) is -0.945. The Morgan fingerprint density at radius 2 is 1.96 bits per heavy atom. The summed E-state index contributed by atoms with van der Waals surface area (Å²) in [6.07, 6.45) is -5.84. The Morgan fingerprint density at radius 3 is 2.58 bits per heavy atom. The molecule has 0 aliphatic carbocycles. The van der Waals surface area contributed by atoms with E-state index in [1.54, 1.807) is 5.32 Å². The molecule has 140 valence electrons. The van der Waals surface area contributed by atoms with Gasteiger partial charge in [-0.25, -0.2) is 28.4 Å². The number of urea groups is 1. The molecule has 0 saturated heterocycles. The molecule has 0 aliphatic heterocycles. The van der Waals surface area contributed by atoms with Crippen molar-refractivity contribution < 1.29 is 36.0 Å². The number of rotatable bonds is 5. The maximum Gasteiger partial charge on any atom is 0.435 e. The lowest BCUT2D eigenvalue weighted by atomic mass is 10.1. The fraction of sp³-hybridized carbons (Fsp3) is 0.214. The third kappa shape index (κ3) is 5.31. The Hall–Kier alpha value is -2.89. The molecule has 0 aliphatic rings. The minimum Gasteiger partial charge on any atom is -0.304 e. The zero-order chi connectivity index (χ0) is 19.3. The maximum atomic E-state index is 13.2. The number of nitrogens with zero attached hydrogens (tertiary/aromatic N) is 2. The van der Waals surface area contributed by atoms with E-state index in [0.717, 1.165) is 30.6 Å². The fourth-order valence-corrected chi connectivity index (χ4v) is 1.81. The Bertz CT molecular complexity index is 784. The van der Waals surface area contributed by atoms with Crippen LogP contribution in [-0.4, -0.2) is 29.0 Å². The summed E-state index contributed by atoms with van der Waals surface area (Å²) in [4.78, 5) is 22.4. The summed E-state index contributed by atoms with van der Waals surface area (Å²) < 4.78 is 76.5. The van der Waals surface area contributed by atoms with Crippen LogP contribution in [0.2, 0.25) is 0 Å². The summed E-state index contributed by atoms with van der Waals surface area (Å²) in [5.74, 6) is -0.768. The van der Waals surface area contributed by atoms with Gasteiger partial charge in [-0.15, -0.1) is 0 Å². The molecular weight excluding hydrogens is 370 g/mol. The van der Waals surface area contributed by atoms with E-state index in [1.807, 2.05) is 0 Å². The standard InChI is InChI=1S/C14H10F6N4O2/c15-8-3-7(4-21-5-8)9-1-2-10(12(22-9)14(18,19)20)23-13(25)24-26-6-11(16)17/h1-5,11H,6H2,(H2,23,24,25). The average molecular weight is 380 g/mol. The molecule has 0 radical (unpaired) electrons. The van der Waals surface area contributed by atoms with E-state index >= 15 is 0 Å². The first-order chi connectivity index (χ1) is 12.2. The predicted octanol–water partition coefficient (Wildman–Crippen LogP) is 3.62. The van der Waals surface area contributed by atoms with E-state index in [9.17, 15) is 31.1 Å². The molecule has 0 atom stereocenters. The first-order valence-electron chi connectivity index (χ1n) is 6.83. The zero-order valence-electron chi connectivity index (χ0n) is 12.6. The monoisotopic (exact) mass is 380 g/mol. The third-order valence-electron chi connectivity index (χ3n) is 2.79. The quantitative estimate of drug-likeness (QED) is 0.614. The van der Waals surface area contributed by atoms with Crippen molar-refractivity contribution in [2.24, 2.45) is 0 Å². The van der Waals surface area contributed by atoms with Crippen LogP contribution in [0.25, 0.3) is 11.3 Å². The summed E-state index contributed by atoms with van der Waals surface area (Å²) >= 11 is 0. The number of halogens is 6. The molecule has 2 N–H and O–H groups in total. The second-order valence-electron chi connectivity index (χ2n) is 4.74. The number of aromatic nitrogens is 2. The van der Waals surface area contributed by atoms with Gasteiger partial charge in [0, 0.05) is 11.8 Å². The van der Waals surface area contributed by atoms with Gasteiger partial charge in [-0.3, -0.25) is 9.82 Å². The molecule has 2 heterocycles. The second-order valence-corrected chi connectivity index (χ2v) is 4.74. The van der Waals surface area contributed by atoms with Crippen molar-refractivity contribution in [2.75, 3.05) is 11.9 Å². The average Bonchev–Trinajstić information content (AvgIpc) is 2.53. The highest BCUT2D eigenvalue weighted by atomic mass is 19.4. The number of hydrogen-bond donors (Lipinski definition) is 2. The Kier molecular flexibility index (Phi) is 5.97. The van der Waals surface area contributed by atoms with Gasteiger partial charge in [0.15, 0.2) is 5.69 Å². The molecule has 26 heavy (non-hydrogen) atoms. The number of amides is 2. The summed E-state index contributed by atoms with van der Waals surface area (Å²) in [5, 5.41) is 1.79. The van der Waals surface area contributed by atoms with Crippen molar-refractivity contribution in [1.29, 1.82) is 0 Å². The van der Waals surface area contributed by atoms with Gasteiger partial charge in [0.2, 0.25) is 0 Å². The fourth-order valence-electron chi connectivity index (χ4n) is 1.81. The number of carbonyl (C=O) groups is 1. The number of pyridine rings is 2. The van der Waals surface area contributed by atoms with Crippen LogP contribution in [0.3, 0.4) is 0 Å². The van der Waals surface area contributed by atoms with Crippen LogP contribution in [0.5, 0.6) is 0 Å². The normalized spacial score (nSPS) is 11.5. The van der Waals surface area contributed by atoms with Crippen molar-refractivity contribution in [3.05, 3.63) is 42.1 Å². The molecule has 0 fully saturated rings. The molecule has 0 bridgehead atoms. The second kappa shape index (κ2) is 7.99. The van der Waals surface area contributed by atoms with Gasteiger partial charge in [0.05, 0.1) is 17.6 Å². The van der Waals surface area contributed by atoms with Crippen LogP contribution in [0, 0.1) is 5.82 Å². The molecule has 2 rings (SSSR count). The van der Waals surface area contributed by atoms with Gasteiger partial charge in [-0.05, 0) is 18.2 Å². The van der Waals surface area contributed by atoms with Crippen molar-refractivity contribution >= 4 is 11.7 Å². The van der Waals surface area contributed by atoms with Crippen LogP contribution in [0.15, 0.2) is 30.6 Å². The number of hydrogen-bond acceptors (Lipinski definition) is 4. The van der Waals surface area contributed by atoms with Crippen molar-refractivity contribution in [3.63, 3.8) is 0 Å². The van der Waals surface area contributed by atoms with E-state index < -0.39 is 42.4 Å². The largest absolute Gasteiger partial charge is 0.435 e. The predicted molar refractivity (Wildman–Crippen MR) is 76.5 cm³/mol. The lowest BCUT2D eigenvalue weighted by molar-refractivity contribution is -0.140. The highest BCUT2D eigenvalue weighted by molar-refractivity contribution is 5.89. The first-order valence-corrected chi connectivity index (χ1v) is 6.83. The Morgan fingerprint density at radius 1 is 1.23 bits per heavy atom. The van der Waals surface area contributed by atoms with Crippen molar-refractivity contribution in [2.45, 2.75) is 12.6 Å². The summed E-state index contributed by atoms with van der Waals surface area (Å²) in [7, 11) is 0. The van der Waals surface area contributed by atoms with E-state index in [2.05, 4.69) is 14.8 Å². The molecule has 6 nitrogen and oxygen atoms in total. The number of anilines is 1. The summed E-state index contributed by atoms with van der Waals surface area (Å²) in [6, 6.07) is 1.61. The van der Waals surface area contributed by atoms with Gasteiger partial charge < -0.3 is 5.32 Å². The van der Waals surface area contributed by atoms with Crippen LogP contribution in [0.4, 0.5) is 36.8 Å². The van der Waals surface area contributed by atoms with Crippen LogP contribution < -0.4 is 10.8 Å². The van der Waals surface area contributed by atoms with Gasteiger partial charge in [-0.1, -0.05) is 0 Å². The smallest absolute Gasteiger partial charge is 0.304 e. The van der Waals surface area contributed by atoms with E-state index in [-0.39, 0.29) is 11.3 Å². The number of nitrogens with one attached hydrogen (secondary N) is 2. The molecule has 0 saturated carbocycles. The minimum atomic E-state index is -4.96. The molecular formula is C14H10F6N4O2. The molecule has 0 spiro atoms. The molecule has 2 amide bonds. The van der Waals surface area contributed by atoms with Crippen LogP contribution in [-0.2, 0) is 11.0 Å². The van der Waals surface area contributed by atoms with E-state index in [4.69, 9.17) is 0 Å². The van der Waals surface area contributed by atoms with Crippen LogP contribution in [0.1, 0.15) is 5.69 Å². The van der Waals surface area contributed by atoms with Crippen LogP contribution >= 0.6 is 0 Å². The van der Waals surface area contributed by atoms with Gasteiger partial charge in [-0.2, -0.15) is 13.2 Å². The third-order valence-corrected chi connectivity index (χ3v) is 2.79. The molecule has 2 aromatic rings. The molecule has 0 unspecified atom stereocenters. The number of hydroxylamine groups is 1. The number of alkyl halides is 5. The highest BCUT2D eigenvalue weighted by Gasteiger charge is 2.36. The molecule has 0 aromatic carbocycles. The maximum absolute atomic E-state index is 13.2. The SMILES string of the molecule is O=C(NOCC(F)F)Nc1ccc(-c2cncc(F)c2)nc1C(F)(F)F. The van der Waals surface area contributed by atoms with Gasteiger partial charge >= 0.3 is 12.2 Å². The highest BCUT2D eigenvalue weighted by Crippen LogP contribution is 2.35. The molecule has 2 aromatic heterocycles. The topological polar surface area (TPSA) is 76.1 Å². The summed E-state index contributed by atoms with van der Waals surface area (Å²) in [6.45, 7) is -1.14.